The first-order valence-electron chi connectivity index (χ1n) is 7.80. The van der Waals surface area contributed by atoms with Gasteiger partial charge in [-0.3, -0.25) is 0 Å². The number of hydrogen-bond donors (Lipinski definition) is 2. The lowest BCUT2D eigenvalue weighted by molar-refractivity contribution is 1.64. The van der Waals surface area contributed by atoms with Crippen molar-refractivity contribution < 1.29 is 0 Å². The molecule has 2 nitrogen and oxygen atoms in total. The van der Waals surface area contributed by atoms with E-state index in [-0.39, 0.29) is 0 Å². The Bertz CT molecular complexity index is 691. The number of benzene rings is 2. The van der Waals surface area contributed by atoms with Crippen molar-refractivity contribution in [2.45, 2.75) is 0 Å². The Morgan fingerprint density at radius 1 is 0.417 bits per heavy atom. The molecule has 0 atom stereocenters. The van der Waals surface area contributed by atoms with Gasteiger partial charge >= 0.3 is 0 Å². The zero-order chi connectivity index (χ0) is 17.0. The molecule has 24 heavy (non-hydrogen) atoms. The molecule has 4 N–H and O–H groups in total. The van der Waals surface area contributed by atoms with Crippen LogP contribution in [0.15, 0.2) is 97.1 Å². The molecular formula is C22H22N2. The van der Waals surface area contributed by atoms with E-state index in [9.17, 15) is 0 Å². The summed E-state index contributed by atoms with van der Waals surface area (Å²) >= 11 is 0. The van der Waals surface area contributed by atoms with E-state index in [1.54, 1.807) is 0 Å². The summed E-state index contributed by atoms with van der Waals surface area (Å²) < 4.78 is 0. The number of anilines is 2. The van der Waals surface area contributed by atoms with Crippen molar-refractivity contribution >= 4 is 23.5 Å². The molecule has 2 aromatic rings. The second-order valence-corrected chi connectivity index (χ2v) is 5.21. The Hall–Kier alpha value is -3.26. The maximum atomic E-state index is 5.65. The Balaban J connectivity index is 1.73. The van der Waals surface area contributed by atoms with E-state index in [1.807, 2.05) is 109 Å². The van der Waals surface area contributed by atoms with Gasteiger partial charge in [0, 0.05) is 11.4 Å². The molecule has 0 aromatic heterocycles. The minimum atomic E-state index is 0.780. The fourth-order valence-electron chi connectivity index (χ4n) is 1.93. The fraction of sp³-hybridized carbons (Fsp3) is 0. The van der Waals surface area contributed by atoms with Crippen LogP contribution >= 0.6 is 0 Å². The molecule has 0 aliphatic rings. The zero-order valence-corrected chi connectivity index (χ0v) is 13.5. The molecule has 0 aliphatic heterocycles. The summed E-state index contributed by atoms with van der Waals surface area (Å²) in [4.78, 5) is 0. The van der Waals surface area contributed by atoms with E-state index in [0.717, 1.165) is 22.5 Å². The van der Waals surface area contributed by atoms with Crippen LogP contribution in [0.4, 0.5) is 11.4 Å². The van der Waals surface area contributed by atoms with Gasteiger partial charge in [0.25, 0.3) is 0 Å². The number of allylic oxidation sites excluding steroid dienone is 8. The zero-order valence-electron chi connectivity index (χ0n) is 13.5. The lowest BCUT2D eigenvalue weighted by Gasteiger charge is -1.93. The average molecular weight is 314 g/mol. The predicted octanol–water partition coefficient (Wildman–Crippen LogP) is 5.25. The molecule has 0 unspecified atom stereocenters. The van der Waals surface area contributed by atoms with Crippen LogP contribution in [0.5, 0.6) is 0 Å². The highest BCUT2D eigenvalue weighted by molar-refractivity contribution is 5.55. The van der Waals surface area contributed by atoms with E-state index in [4.69, 9.17) is 11.5 Å². The molecule has 0 radical (unpaired) electrons. The van der Waals surface area contributed by atoms with Gasteiger partial charge in [0.15, 0.2) is 0 Å². The van der Waals surface area contributed by atoms with Gasteiger partial charge in [-0.15, -0.1) is 0 Å². The summed E-state index contributed by atoms with van der Waals surface area (Å²) in [5.41, 5.74) is 15.1. The van der Waals surface area contributed by atoms with Crippen molar-refractivity contribution in [3.8, 4) is 0 Å². The van der Waals surface area contributed by atoms with Crippen LogP contribution in [0.25, 0.3) is 12.2 Å². The predicted molar refractivity (Wildman–Crippen MR) is 107 cm³/mol. The van der Waals surface area contributed by atoms with Gasteiger partial charge in [0.05, 0.1) is 0 Å². The third-order valence-corrected chi connectivity index (χ3v) is 3.23. The molecule has 2 rings (SSSR count). The van der Waals surface area contributed by atoms with Crippen LogP contribution in [0, 0.1) is 0 Å². The summed E-state index contributed by atoms with van der Waals surface area (Å²) in [7, 11) is 0. The quantitative estimate of drug-likeness (QED) is 0.565. The average Bonchev–Trinajstić information content (AvgIpc) is 2.60. The largest absolute Gasteiger partial charge is 0.399 e. The van der Waals surface area contributed by atoms with Crippen LogP contribution in [0.1, 0.15) is 11.1 Å². The third-order valence-electron chi connectivity index (χ3n) is 3.23. The van der Waals surface area contributed by atoms with Gasteiger partial charge in [-0.1, -0.05) is 85.0 Å². The minimum Gasteiger partial charge on any atom is -0.399 e. The summed E-state index contributed by atoms with van der Waals surface area (Å²) in [5.74, 6) is 0. The van der Waals surface area contributed by atoms with Crippen molar-refractivity contribution in [2.75, 3.05) is 11.5 Å². The van der Waals surface area contributed by atoms with Gasteiger partial charge in [-0.25, -0.2) is 0 Å². The van der Waals surface area contributed by atoms with Crippen molar-refractivity contribution in [1.82, 2.24) is 0 Å². The summed E-state index contributed by atoms with van der Waals surface area (Å²) in [6.45, 7) is 0. The summed E-state index contributed by atoms with van der Waals surface area (Å²) in [6.07, 6.45) is 20.0. The van der Waals surface area contributed by atoms with Gasteiger partial charge in [-0.05, 0) is 35.4 Å². The topological polar surface area (TPSA) is 52.0 Å². The van der Waals surface area contributed by atoms with Gasteiger partial charge in [-0.2, -0.15) is 0 Å². The van der Waals surface area contributed by atoms with Crippen LogP contribution < -0.4 is 11.5 Å². The Morgan fingerprint density at radius 3 is 1.04 bits per heavy atom. The van der Waals surface area contributed by atoms with Gasteiger partial charge in [0.1, 0.15) is 0 Å². The fourth-order valence-corrected chi connectivity index (χ4v) is 1.93. The van der Waals surface area contributed by atoms with Gasteiger partial charge in [0.2, 0.25) is 0 Å². The molecule has 2 heteroatoms. The molecule has 0 bridgehead atoms. The van der Waals surface area contributed by atoms with Gasteiger partial charge < -0.3 is 11.5 Å². The molecule has 0 aliphatic carbocycles. The first kappa shape index (κ1) is 17.1. The highest BCUT2D eigenvalue weighted by Gasteiger charge is 1.85. The number of nitrogens with two attached hydrogens (primary N) is 2. The molecule has 0 spiro atoms. The van der Waals surface area contributed by atoms with Crippen molar-refractivity contribution in [3.05, 3.63) is 108 Å². The lowest BCUT2D eigenvalue weighted by atomic mass is 10.2. The highest BCUT2D eigenvalue weighted by atomic mass is 14.5. The Morgan fingerprint density at radius 2 is 0.708 bits per heavy atom. The van der Waals surface area contributed by atoms with Crippen molar-refractivity contribution in [3.63, 3.8) is 0 Å². The molecule has 0 saturated heterocycles. The molecule has 2 aromatic carbocycles. The summed E-state index contributed by atoms with van der Waals surface area (Å²) in [5, 5.41) is 0. The Kier molecular flexibility index (Phi) is 6.91. The lowest BCUT2D eigenvalue weighted by Crippen LogP contribution is -1.82. The number of rotatable bonds is 6. The van der Waals surface area contributed by atoms with E-state index >= 15 is 0 Å². The standard InChI is InChI=1S/C22H22N2/c23-21-15-11-19(12-16-21)9-7-5-3-1-2-4-6-8-10-20-13-17-22(24)18-14-20/h1-18H,23-24H2. The molecule has 0 amide bonds. The maximum Gasteiger partial charge on any atom is 0.0314 e. The van der Waals surface area contributed by atoms with Crippen LogP contribution in [0.3, 0.4) is 0 Å². The third kappa shape index (κ3) is 6.67. The van der Waals surface area contributed by atoms with Crippen molar-refractivity contribution in [1.29, 1.82) is 0 Å². The molecular weight excluding hydrogens is 292 g/mol. The smallest absolute Gasteiger partial charge is 0.0314 e. The highest BCUT2D eigenvalue weighted by Crippen LogP contribution is 2.07. The minimum absolute atomic E-state index is 0.780. The molecule has 0 saturated carbocycles. The van der Waals surface area contributed by atoms with E-state index in [2.05, 4.69) is 0 Å². The maximum absolute atomic E-state index is 5.65. The van der Waals surface area contributed by atoms with E-state index in [1.165, 1.54) is 0 Å². The van der Waals surface area contributed by atoms with E-state index in [0.29, 0.717) is 0 Å². The van der Waals surface area contributed by atoms with E-state index < -0.39 is 0 Å². The van der Waals surface area contributed by atoms with Crippen LogP contribution in [-0.4, -0.2) is 0 Å². The number of hydrogen-bond acceptors (Lipinski definition) is 2. The van der Waals surface area contributed by atoms with Crippen molar-refractivity contribution in [2.24, 2.45) is 0 Å². The second kappa shape index (κ2) is 9.70. The number of nitrogen functional groups attached to an aromatic ring is 2. The monoisotopic (exact) mass is 314 g/mol. The SMILES string of the molecule is Nc1ccc(C=CC=CC=CC=CC=Cc2ccc(N)cc2)cc1. The molecule has 0 heterocycles. The normalized spacial score (nSPS) is 12.5. The first-order chi connectivity index (χ1) is 11.7. The van der Waals surface area contributed by atoms with Crippen LogP contribution in [0.2, 0.25) is 0 Å². The Labute approximate surface area is 143 Å². The summed E-state index contributed by atoms with van der Waals surface area (Å²) in [6, 6.07) is 15.5. The molecule has 0 fully saturated rings. The molecule has 120 valence electrons. The van der Waals surface area contributed by atoms with Crippen LogP contribution in [-0.2, 0) is 0 Å². The first-order valence-corrected chi connectivity index (χ1v) is 7.80. The second-order valence-electron chi connectivity index (χ2n) is 5.21.